The predicted molar refractivity (Wildman–Crippen MR) is 80.6 cm³/mol. The summed E-state index contributed by atoms with van der Waals surface area (Å²) in [6.07, 6.45) is 1.11. The average Bonchev–Trinajstić information content (AvgIpc) is 2.82. The summed E-state index contributed by atoms with van der Waals surface area (Å²) in [5.74, 6) is -0.189. The van der Waals surface area contributed by atoms with Crippen molar-refractivity contribution in [2.24, 2.45) is 0 Å². The van der Waals surface area contributed by atoms with E-state index >= 15 is 0 Å². The third-order valence-electron chi connectivity index (χ3n) is 3.74. The Hall–Kier alpha value is -1.85. The molecule has 0 aromatic heterocycles. The standard InChI is InChI=1S/C16H17NO3S/c1-21(19,20)16-8-12(6-7-15(16)18)9-17-10-13-4-2-3-5-14(13)11-17/h2-8,18H,9-11H2,1H3. The first-order valence-corrected chi connectivity index (χ1v) is 8.64. The third kappa shape index (κ3) is 2.94. The molecule has 0 unspecified atom stereocenters. The first-order chi connectivity index (χ1) is 9.93. The highest BCUT2D eigenvalue weighted by Crippen LogP contribution is 2.27. The molecule has 5 heteroatoms. The number of nitrogens with zero attached hydrogens (tertiary/aromatic N) is 1. The van der Waals surface area contributed by atoms with Crippen LogP contribution < -0.4 is 0 Å². The normalized spacial score (nSPS) is 15.1. The van der Waals surface area contributed by atoms with Crippen LogP contribution in [0.3, 0.4) is 0 Å². The van der Waals surface area contributed by atoms with Gasteiger partial charge in [-0.25, -0.2) is 8.42 Å². The maximum absolute atomic E-state index is 11.6. The number of rotatable bonds is 3. The van der Waals surface area contributed by atoms with Crippen LogP contribution in [0.15, 0.2) is 47.4 Å². The lowest BCUT2D eigenvalue weighted by molar-refractivity contribution is 0.275. The van der Waals surface area contributed by atoms with Crippen molar-refractivity contribution < 1.29 is 13.5 Å². The van der Waals surface area contributed by atoms with Crippen LogP contribution in [0.25, 0.3) is 0 Å². The van der Waals surface area contributed by atoms with Crippen LogP contribution in [0.5, 0.6) is 5.75 Å². The molecule has 21 heavy (non-hydrogen) atoms. The summed E-state index contributed by atoms with van der Waals surface area (Å²) in [5.41, 5.74) is 3.53. The lowest BCUT2D eigenvalue weighted by Crippen LogP contribution is -2.15. The molecular weight excluding hydrogens is 286 g/mol. The van der Waals surface area contributed by atoms with Crippen LogP contribution >= 0.6 is 0 Å². The minimum absolute atomic E-state index is 0.00305. The Morgan fingerprint density at radius 1 is 1.10 bits per heavy atom. The number of phenols is 1. The first-order valence-electron chi connectivity index (χ1n) is 6.74. The molecule has 2 aromatic rings. The molecule has 0 amide bonds. The highest BCUT2D eigenvalue weighted by atomic mass is 32.2. The quantitative estimate of drug-likeness (QED) is 0.945. The van der Waals surface area contributed by atoms with Gasteiger partial charge >= 0.3 is 0 Å². The number of sulfone groups is 1. The van der Waals surface area contributed by atoms with E-state index in [1.165, 1.54) is 17.2 Å². The van der Waals surface area contributed by atoms with Crippen LogP contribution in [0, 0.1) is 0 Å². The molecule has 3 rings (SSSR count). The van der Waals surface area contributed by atoms with Gasteiger partial charge in [-0.3, -0.25) is 4.90 Å². The van der Waals surface area contributed by atoms with Gasteiger partial charge in [0.2, 0.25) is 0 Å². The second kappa shape index (κ2) is 5.16. The minimum atomic E-state index is -3.41. The SMILES string of the molecule is CS(=O)(=O)c1cc(CN2Cc3ccccc3C2)ccc1O. The molecule has 0 saturated carbocycles. The number of benzene rings is 2. The zero-order chi connectivity index (χ0) is 15.0. The van der Waals surface area contributed by atoms with Crippen molar-refractivity contribution in [3.05, 3.63) is 59.2 Å². The molecule has 2 aromatic carbocycles. The van der Waals surface area contributed by atoms with Crippen molar-refractivity contribution in [1.82, 2.24) is 4.90 Å². The third-order valence-corrected chi connectivity index (χ3v) is 4.86. The van der Waals surface area contributed by atoms with Crippen LogP contribution in [-0.4, -0.2) is 24.7 Å². The Labute approximate surface area is 124 Å². The second-order valence-corrected chi connectivity index (χ2v) is 7.47. The highest BCUT2D eigenvalue weighted by molar-refractivity contribution is 7.90. The van der Waals surface area contributed by atoms with Gasteiger partial charge in [0.1, 0.15) is 10.6 Å². The molecule has 0 radical (unpaired) electrons. The summed E-state index contributed by atoms with van der Waals surface area (Å²) in [7, 11) is -3.41. The smallest absolute Gasteiger partial charge is 0.179 e. The maximum atomic E-state index is 11.6. The largest absolute Gasteiger partial charge is 0.507 e. The zero-order valence-corrected chi connectivity index (χ0v) is 12.6. The average molecular weight is 303 g/mol. The molecular formula is C16H17NO3S. The van der Waals surface area contributed by atoms with E-state index < -0.39 is 9.84 Å². The van der Waals surface area contributed by atoms with E-state index in [2.05, 4.69) is 17.0 Å². The van der Waals surface area contributed by atoms with Crippen LogP contribution in [0.4, 0.5) is 0 Å². The molecule has 1 aliphatic rings. The number of hydrogen-bond acceptors (Lipinski definition) is 4. The lowest BCUT2D eigenvalue weighted by atomic mass is 10.1. The Kier molecular flexibility index (Phi) is 3.47. The minimum Gasteiger partial charge on any atom is -0.507 e. The monoisotopic (exact) mass is 303 g/mol. The van der Waals surface area contributed by atoms with Crippen LogP contribution in [-0.2, 0) is 29.5 Å². The molecule has 0 atom stereocenters. The van der Waals surface area contributed by atoms with Gasteiger partial charge in [-0.2, -0.15) is 0 Å². The van der Waals surface area contributed by atoms with Crippen molar-refractivity contribution in [3.8, 4) is 5.75 Å². The molecule has 0 spiro atoms. The fourth-order valence-electron chi connectivity index (χ4n) is 2.73. The van der Waals surface area contributed by atoms with Gasteiger partial charge in [0.25, 0.3) is 0 Å². The Bertz CT molecular complexity index is 759. The van der Waals surface area contributed by atoms with E-state index in [0.29, 0.717) is 6.54 Å². The molecule has 0 saturated heterocycles. The molecule has 0 aliphatic carbocycles. The van der Waals surface area contributed by atoms with Gasteiger partial charge < -0.3 is 5.11 Å². The number of hydrogen-bond donors (Lipinski definition) is 1. The van der Waals surface area contributed by atoms with E-state index in [-0.39, 0.29) is 10.6 Å². The molecule has 0 fully saturated rings. The summed E-state index contributed by atoms with van der Waals surface area (Å²) in [6.45, 7) is 2.40. The first kappa shape index (κ1) is 14.1. The van der Waals surface area contributed by atoms with Gasteiger partial charge in [0, 0.05) is 25.9 Å². The zero-order valence-electron chi connectivity index (χ0n) is 11.8. The number of aromatic hydroxyl groups is 1. The van der Waals surface area contributed by atoms with E-state index in [4.69, 9.17) is 0 Å². The van der Waals surface area contributed by atoms with E-state index in [0.717, 1.165) is 24.9 Å². The van der Waals surface area contributed by atoms with E-state index in [1.807, 2.05) is 12.1 Å². The number of fused-ring (bicyclic) bond motifs is 1. The summed E-state index contributed by atoms with van der Waals surface area (Å²) in [5, 5.41) is 9.68. The Morgan fingerprint density at radius 3 is 2.29 bits per heavy atom. The van der Waals surface area contributed by atoms with E-state index in [9.17, 15) is 13.5 Å². The van der Waals surface area contributed by atoms with Crippen LogP contribution in [0.2, 0.25) is 0 Å². The summed E-state index contributed by atoms with van der Waals surface area (Å²) < 4.78 is 23.3. The topological polar surface area (TPSA) is 57.6 Å². The second-order valence-electron chi connectivity index (χ2n) is 5.49. The van der Waals surface area contributed by atoms with Crippen molar-refractivity contribution in [2.45, 2.75) is 24.5 Å². The summed E-state index contributed by atoms with van der Waals surface area (Å²) in [6, 6.07) is 13.1. The fraction of sp³-hybridized carbons (Fsp3) is 0.250. The molecule has 1 aliphatic heterocycles. The van der Waals surface area contributed by atoms with Gasteiger partial charge in [0.05, 0.1) is 0 Å². The highest BCUT2D eigenvalue weighted by Gasteiger charge is 2.19. The number of phenolic OH excluding ortho intramolecular Hbond substituents is 1. The molecule has 0 bridgehead atoms. The molecule has 4 nitrogen and oxygen atoms in total. The Balaban J connectivity index is 1.81. The van der Waals surface area contributed by atoms with Crippen LogP contribution in [0.1, 0.15) is 16.7 Å². The summed E-state index contributed by atoms with van der Waals surface area (Å²) >= 11 is 0. The van der Waals surface area contributed by atoms with Gasteiger partial charge in [-0.15, -0.1) is 0 Å². The van der Waals surface area contributed by atoms with E-state index in [1.54, 1.807) is 12.1 Å². The van der Waals surface area contributed by atoms with Gasteiger partial charge in [0.15, 0.2) is 9.84 Å². The Morgan fingerprint density at radius 2 is 1.71 bits per heavy atom. The molecule has 1 heterocycles. The molecule has 110 valence electrons. The predicted octanol–water partition coefficient (Wildman–Crippen LogP) is 2.31. The van der Waals surface area contributed by atoms with Crippen molar-refractivity contribution in [3.63, 3.8) is 0 Å². The lowest BCUT2D eigenvalue weighted by Gasteiger charge is -2.15. The summed E-state index contributed by atoms with van der Waals surface area (Å²) in [4.78, 5) is 2.25. The fourth-order valence-corrected chi connectivity index (χ4v) is 3.54. The van der Waals surface area contributed by atoms with Gasteiger partial charge in [-0.1, -0.05) is 30.3 Å². The van der Waals surface area contributed by atoms with Crippen molar-refractivity contribution >= 4 is 9.84 Å². The molecule has 1 N–H and O–H groups in total. The van der Waals surface area contributed by atoms with Crippen molar-refractivity contribution in [2.75, 3.05) is 6.26 Å². The maximum Gasteiger partial charge on any atom is 0.179 e. The van der Waals surface area contributed by atoms with Gasteiger partial charge in [-0.05, 0) is 28.8 Å². The van der Waals surface area contributed by atoms with Crippen molar-refractivity contribution in [1.29, 1.82) is 0 Å².